The second-order valence-corrected chi connectivity index (χ2v) is 38.9. The maximum absolute atomic E-state index is 12.7. The van der Waals surface area contributed by atoms with E-state index in [1.165, 1.54) is 60.4 Å². The van der Waals surface area contributed by atoms with Gasteiger partial charge in [0.25, 0.3) is 20.0 Å². The Morgan fingerprint density at radius 2 is 0.541 bits per heavy atom. The molecular weight excluding hydrogens is 1740 g/mol. The standard InChI is InChI=1S/C16H17NO2S.C15H15NO2S.C12H11F6NO2S.C11H12F3NO2S.C11H15NO3S.C10H13NO2S.C9H11NO2S/c1-3-17(13-15-7-5-4-6-8-15)20(18,19)16-11-9-14(2)10-12-16;1-2-16(13-14-9-5-3-6-10-14)19(17,18)15-11-7-4-8-12-15;1-3-19(22(2,20)21)7-8-4-9(11(13,14)15)6-10(5-8)12(16,17)18;1-3-15(18(2,16)17)8-9-4-6-10(7-5-9)11(12,13)14;1-4-12(16(3,13)14)9-10-5-7-11(15-2)8-6-10;1-3-11(14(2,12)13)9-10-7-5-4-6-8-10;1-3-10(13(2,11)12)9-7-5-4-6-8-9/h3-12H,1,13H2,2H3;2-12H,1,13H2;3-6H,1,7H2,2H3;3-7H,1,8H2,2H3;4-8H,1,9H2,2-3H3;3-8H,1,9H2,2H3;3-8H,1H2,2H3. The number of aryl methyl sites for hydroxylation is 1. The molecule has 0 spiro atoms. The van der Waals surface area contributed by atoms with Gasteiger partial charge in [0.15, 0.2) is 0 Å². The Kier molecular flexibility index (Phi) is 40.5. The summed E-state index contributed by atoms with van der Waals surface area (Å²) in [6, 6.07) is 64.7. The third-order valence-electron chi connectivity index (χ3n) is 16.1. The minimum atomic E-state index is -4.99. The summed E-state index contributed by atoms with van der Waals surface area (Å²) < 4.78 is 288. The fourth-order valence-corrected chi connectivity index (χ4v) is 15.8. The van der Waals surface area contributed by atoms with E-state index in [1.807, 2.05) is 116 Å². The Bertz CT molecular complexity index is 5690. The third-order valence-corrected chi connectivity index (χ3v) is 25.2. The first kappa shape index (κ1) is 105. The number of rotatable bonds is 30. The third kappa shape index (κ3) is 36.1. The van der Waals surface area contributed by atoms with E-state index in [9.17, 15) is 98.4 Å². The number of sulfonamides is 7. The second-order valence-electron chi connectivity index (χ2n) is 25.5. The summed E-state index contributed by atoms with van der Waals surface area (Å²) in [5.74, 6) is 0.744. The number of ether oxygens (including phenoxy) is 1. The molecule has 0 aliphatic carbocycles. The van der Waals surface area contributed by atoms with E-state index in [-0.39, 0.29) is 42.0 Å². The Hall–Kier alpha value is -11.4. The minimum Gasteiger partial charge on any atom is -0.497 e. The van der Waals surface area contributed by atoms with Crippen LogP contribution in [-0.2, 0) is 128 Å². The van der Waals surface area contributed by atoms with Crippen LogP contribution in [0.25, 0.3) is 0 Å². The van der Waals surface area contributed by atoms with Gasteiger partial charge in [-0.15, -0.1) is 0 Å². The van der Waals surface area contributed by atoms with Gasteiger partial charge >= 0.3 is 18.5 Å². The monoisotopic (exact) mass is 1840 g/mol. The highest BCUT2D eigenvalue weighted by Crippen LogP contribution is 2.37. The molecule has 660 valence electrons. The van der Waals surface area contributed by atoms with E-state index in [0.29, 0.717) is 34.2 Å². The summed E-state index contributed by atoms with van der Waals surface area (Å²) in [6.45, 7) is 26.5. The lowest BCUT2D eigenvalue weighted by atomic mass is 10.0. The summed E-state index contributed by atoms with van der Waals surface area (Å²) in [5.41, 5.74) is 1.51. The zero-order valence-electron chi connectivity index (χ0n) is 67.3. The van der Waals surface area contributed by atoms with Crippen LogP contribution in [0.3, 0.4) is 0 Å². The number of halogens is 9. The lowest BCUT2D eigenvalue weighted by Gasteiger charge is -2.20. The quantitative estimate of drug-likeness (QED) is 0.0379. The van der Waals surface area contributed by atoms with Crippen molar-refractivity contribution < 1.29 is 103 Å². The number of hydrogen-bond donors (Lipinski definition) is 0. The molecule has 0 saturated heterocycles. The van der Waals surface area contributed by atoms with Crippen molar-refractivity contribution in [3.8, 4) is 5.75 Å². The molecule has 0 heterocycles. The first-order valence-corrected chi connectivity index (χ1v) is 47.4. The van der Waals surface area contributed by atoms with E-state index in [1.54, 1.807) is 98.1 Å². The molecule has 9 rings (SSSR count). The van der Waals surface area contributed by atoms with Crippen LogP contribution < -0.4 is 9.04 Å². The van der Waals surface area contributed by atoms with Gasteiger partial charge in [-0.05, 0) is 119 Å². The van der Waals surface area contributed by atoms with Gasteiger partial charge < -0.3 is 4.74 Å². The Labute approximate surface area is 710 Å². The summed E-state index contributed by atoms with van der Waals surface area (Å²) in [4.78, 5) is 0.546. The molecule has 38 heteroatoms. The molecule has 0 aliphatic heterocycles. The summed E-state index contributed by atoms with van der Waals surface area (Å²) in [5, 5.41) is 0. The van der Waals surface area contributed by atoms with Gasteiger partial charge in [0.1, 0.15) is 5.75 Å². The van der Waals surface area contributed by atoms with E-state index in [2.05, 4.69) is 46.1 Å². The molecule has 0 saturated carbocycles. The minimum absolute atomic E-state index is 0.0256. The van der Waals surface area contributed by atoms with E-state index >= 15 is 0 Å². The summed E-state index contributed by atoms with van der Waals surface area (Å²) in [7, 11) is -22.5. The summed E-state index contributed by atoms with van der Waals surface area (Å²) >= 11 is 0. The molecular formula is C84H94F9N7O15S7. The smallest absolute Gasteiger partial charge is 0.416 e. The number of methoxy groups -OCH3 is 1. The van der Waals surface area contributed by atoms with Crippen LogP contribution in [0.15, 0.2) is 342 Å². The number of alkyl halides is 9. The lowest BCUT2D eigenvalue weighted by Crippen LogP contribution is -2.25. The molecule has 122 heavy (non-hydrogen) atoms. The van der Waals surface area contributed by atoms with Crippen LogP contribution in [0.2, 0.25) is 0 Å². The van der Waals surface area contributed by atoms with Gasteiger partial charge in [0.05, 0.1) is 110 Å². The van der Waals surface area contributed by atoms with E-state index in [0.717, 1.165) is 98.0 Å². The van der Waals surface area contributed by atoms with Gasteiger partial charge in [0, 0.05) is 43.4 Å². The molecule has 0 fully saturated rings. The SMILES string of the molecule is C=CN(Cc1cc(C(F)(F)F)cc(C(F)(F)F)c1)S(C)(=O)=O.C=CN(Cc1ccc(C(F)(F)F)cc1)S(C)(=O)=O.C=CN(Cc1ccc(OC)cc1)S(C)(=O)=O.C=CN(Cc1ccccc1)S(=O)(=O)c1ccc(C)cc1.C=CN(Cc1ccccc1)S(=O)(=O)c1ccccc1.C=CN(Cc1ccccc1)S(C)(=O)=O.C=CN(c1ccccc1)S(C)(=O)=O. The maximum Gasteiger partial charge on any atom is 0.416 e. The molecule has 0 aliphatic rings. The highest BCUT2D eigenvalue weighted by molar-refractivity contribution is 7.92. The topological polar surface area (TPSA) is 271 Å². The zero-order chi connectivity index (χ0) is 92.3. The van der Waals surface area contributed by atoms with Crippen molar-refractivity contribution in [3.63, 3.8) is 0 Å². The molecule has 0 atom stereocenters. The number of anilines is 1. The molecule has 0 amide bonds. The highest BCUT2D eigenvalue weighted by Gasteiger charge is 2.38. The Morgan fingerprint density at radius 1 is 0.287 bits per heavy atom. The van der Waals surface area contributed by atoms with Crippen molar-refractivity contribution in [1.29, 1.82) is 0 Å². The normalized spacial score (nSPS) is 11.5. The van der Waals surface area contributed by atoms with Gasteiger partial charge in [-0.25, -0.2) is 63.2 Å². The average molecular weight is 1840 g/mol. The first-order valence-electron chi connectivity index (χ1n) is 35.3. The largest absolute Gasteiger partial charge is 0.497 e. The predicted molar refractivity (Wildman–Crippen MR) is 460 cm³/mol. The van der Waals surface area contributed by atoms with Crippen LogP contribution in [0.1, 0.15) is 55.6 Å². The van der Waals surface area contributed by atoms with Gasteiger partial charge in [-0.2, -0.15) is 39.5 Å². The molecule has 9 aromatic carbocycles. The van der Waals surface area contributed by atoms with Gasteiger partial charge in [-0.3, -0.25) is 25.8 Å². The molecule has 22 nitrogen and oxygen atoms in total. The first-order chi connectivity index (χ1) is 56.6. The van der Waals surface area contributed by atoms with Crippen LogP contribution in [0, 0.1) is 6.92 Å². The molecule has 0 radical (unpaired) electrons. The number of nitrogens with zero attached hydrogens (tertiary/aromatic N) is 7. The predicted octanol–water partition coefficient (Wildman–Crippen LogP) is 17.4. The molecule has 9 aromatic rings. The second kappa shape index (κ2) is 47.1. The molecule has 0 unspecified atom stereocenters. The summed E-state index contributed by atoms with van der Waals surface area (Å²) in [6.07, 6.45) is -0.628. The van der Waals surface area contributed by atoms with E-state index < -0.39 is 117 Å². The Morgan fingerprint density at radius 3 is 0.803 bits per heavy atom. The highest BCUT2D eigenvalue weighted by atomic mass is 32.2. The van der Waals surface area contributed by atoms with Crippen molar-refractivity contribution in [1.82, 2.24) is 25.8 Å². The average Bonchev–Trinajstić information content (AvgIpc) is 0.807. The van der Waals surface area contributed by atoms with Crippen LogP contribution in [-0.4, -0.2) is 123 Å². The number of hydrogen-bond acceptors (Lipinski definition) is 15. The van der Waals surface area contributed by atoms with Crippen molar-refractivity contribution in [2.24, 2.45) is 0 Å². The zero-order valence-corrected chi connectivity index (χ0v) is 73.1. The molecule has 0 aromatic heterocycles. The van der Waals surface area contributed by atoms with Crippen LogP contribution >= 0.6 is 0 Å². The van der Waals surface area contributed by atoms with Crippen LogP contribution in [0.5, 0.6) is 5.75 Å². The maximum atomic E-state index is 12.7. The fourth-order valence-electron chi connectivity index (χ4n) is 9.82. The number of para-hydroxylation sites is 1. The van der Waals surface area contributed by atoms with Gasteiger partial charge in [-0.1, -0.05) is 215 Å². The molecule has 0 bridgehead atoms. The number of benzene rings is 9. The lowest BCUT2D eigenvalue weighted by molar-refractivity contribution is -0.143. The van der Waals surface area contributed by atoms with Gasteiger partial charge in [0.2, 0.25) is 50.1 Å². The Balaban J connectivity index is 0.000000370. The fraction of sp³-hybridized carbons (Fsp3) is 0.190. The molecule has 0 N–H and O–H groups in total. The van der Waals surface area contributed by atoms with Crippen molar-refractivity contribution in [3.05, 3.63) is 388 Å². The van der Waals surface area contributed by atoms with Crippen molar-refractivity contribution in [2.75, 3.05) is 42.7 Å². The van der Waals surface area contributed by atoms with Crippen LogP contribution in [0.4, 0.5) is 45.2 Å². The van der Waals surface area contributed by atoms with Crippen molar-refractivity contribution >= 4 is 75.9 Å². The van der Waals surface area contributed by atoms with Crippen molar-refractivity contribution in [2.45, 2.75) is 74.5 Å². The van der Waals surface area contributed by atoms with E-state index in [4.69, 9.17) is 4.74 Å².